The quantitative estimate of drug-likeness (QED) is 0.771. The van der Waals surface area contributed by atoms with Crippen LogP contribution in [0.4, 0.5) is 0 Å². The highest BCUT2D eigenvalue weighted by atomic mass is 32.2. The van der Waals surface area contributed by atoms with Gasteiger partial charge in [-0.1, -0.05) is 44.7 Å². The van der Waals surface area contributed by atoms with Gasteiger partial charge in [-0.2, -0.15) is 5.10 Å². The molecule has 0 aliphatic heterocycles. The molecule has 0 atom stereocenters. The normalized spacial score (nSPS) is 11.4. The van der Waals surface area contributed by atoms with Gasteiger partial charge in [-0.3, -0.25) is 0 Å². The number of carbonyl (C=O) groups excluding carboxylic acids is 1. The third-order valence-electron chi connectivity index (χ3n) is 3.61. The maximum Gasteiger partial charge on any atom is 0.343 e. The van der Waals surface area contributed by atoms with Crippen LogP contribution in [-0.4, -0.2) is 29.5 Å². The maximum atomic E-state index is 11.3. The van der Waals surface area contributed by atoms with Crippen molar-refractivity contribution in [2.24, 2.45) is 7.05 Å². The lowest BCUT2D eigenvalue weighted by atomic mass is 9.87. The second-order valence-corrected chi connectivity index (χ2v) is 7.67. The summed E-state index contributed by atoms with van der Waals surface area (Å²) in [6.45, 7) is 8.38. The summed E-state index contributed by atoms with van der Waals surface area (Å²) in [5.74, 6) is 0.155. The maximum absolute atomic E-state index is 11.3. The van der Waals surface area contributed by atoms with E-state index < -0.39 is 5.97 Å². The minimum Gasteiger partial charge on any atom is -0.466 e. The van der Waals surface area contributed by atoms with E-state index in [4.69, 9.17) is 4.74 Å². The van der Waals surface area contributed by atoms with Crippen molar-refractivity contribution in [3.05, 3.63) is 35.5 Å². The molecular formula is C18H24N2O3S. The van der Waals surface area contributed by atoms with Crippen molar-refractivity contribution in [1.29, 1.82) is 0 Å². The molecule has 24 heavy (non-hydrogen) atoms. The number of hydrogen-bond donors (Lipinski definition) is 0. The first-order valence-corrected chi connectivity index (χ1v) is 8.55. The van der Waals surface area contributed by atoms with Gasteiger partial charge in [0.1, 0.15) is 0 Å². The molecule has 2 rings (SSSR count). The van der Waals surface area contributed by atoms with Gasteiger partial charge in [0.2, 0.25) is 5.88 Å². The average molecular weight is 348 g/mol. The SMILES string of the molecule is COC(=O)COc1c(Sc2ccc(C(C)(C)C)cc2)c(C)nn1C. The standard InChI is InChI=1S/C18H24N2O3S/c1-12-16(17(20(5)19-12)23-11-15(21)22-6)24-14-9-7-13(8-10-14)18(2,3)4/h7-10H,11H2,1-6H3. The summed E-state index contributed by atoms with van der Waals surface area (Å²) < 4.78 is 11.9. The predicted octanol–water partition coefficient (Wildman–Crippen LogP) is 3.73. The Labute approximate surface area is 147 Å². The molecule has 2 aromatic rings. The molecule has 0 aliphatic carbocycles. The number of aryl methyl sites for hydroxylation is 2. The van der Waals surface area contributed by atoms with E-state index in [1.165, 1.54) is 12.7 Å². The molecule has 0 saturated carbocycles. The molecular weight excluding hydrogens is 324 g/mol. The van der Waals surface area contributed by atoms with Gasteiger partial charge in [-0.05, 0) is 30.0 Å². The van der Waals surface area contributed by atoms with Crippen molar-refractivity contribution in [1.82, 2.24) is 9.78 Å². The van der Waals surface area contributed by atoms with Crippen molar-refractivity contribution in [2.75, 3.05) is 13.7 Å². The molecule has 0 fully saturated rings. The van der Waals surface area contributed by atoms with E-state index >= 15 is 0 Å². The van der Waals surface area contributed by atoms with Crippen LogP contribution in [0.25, 0.3) is 0 Å². The zero-order valence-corrected chi connectivity index (χ0v) is 15.9. The molecule has 6 heteroatoms. The lowest BCUT2D eigenvalue weighted by Crippen LogP contribution is -2.14. The fraction of sp³-hybridized carbons (Fsp3) is 0.444. The first kappa shape index (κ1) is 18.4. The molecule has 1 aromatic carbocycles. The summed E-state index contributed by atoms with van der Waals surface area (Å²) >= 11 is 1.58. The van der Waals surface area contributed by atoms with Gasteiger partial charge in [-0.15, -0.1) is 0 Å². The van der Waals surface area contributed by atoms with Crippen LogP contribution in [0.3, 0.4) is 0 Å². The lowest BCUT2D eigenvalue weighted by molar-refractivity contribution is -0.143. The Morgan fingerprint density at radius 2 is 1.88 bits per heavy atom. The Balaban J connectivity index is 2.21. The van der Waals surface area contributed by atoms with Crippen LogP contribution in [0.5, 0.6) is 5.88 Å². The van der Waals surface area contributed by atoms with Crippen molar-refractivity contribution >= 4 is 17.7 Å². The molecule has 1 aromatic heterocycles. The highest BCUT2D eigenvalue weighted by molar-refractivity contribution is 7.99. The molecule has 0 spiro atoms. The van der Waals surface area contributed by atoms with Crippen LogP contribution in [0, 0.1) is 6.92 Å². The first-order valence-electron chi connectivity index (χ1n) is 7.74. The summed E-state index contributed by atoms with van der Waals surface area (Å²) in [6.07, 6.45) is 0. The third-order valence-corrected chi connectivity index (χ3v) is 4.79. The van der Waals surface area contributed by atoms with E-state index in [9.17, 15) is 4.79 Å². The summed E-state index contributed by atoms with van der Waals surface area (Å²) in [6, 6.07) is 8.48. The number of benzene rings is 1. The Bertz CT molecular complexity index is 715. The number of nitrogens with zero attached hydrogens (tertiary/aromatic N) is 2. The van der Waals surface area contributed by atoms with Crippen LogP contribution in [0.2, 0.25) is 0 Å². The van der Waals surface area contributed by atoms with Gasteiger partial charge in [-0.25, -0.2) is 9.48 Å². The van der Waals surface area contributed by atoms with Crippen LogP contribution in [0.15, 0.2) is 34.1 Å². The summed E-state index contributed by atoms with van der Waals surface area (Å²) in [5.41, 5.74) is 2.28. The minimum atomic E-state index is -0.417. The predicted molar refractivity (Wildman–Crippen MR) is 94.7 cm³/mol. The highest BCUT2D eigenvalue weighted by Gasteiger charge is 2.18. The smallest absolute Gasteiger partial charge is 0.343 e. The average Bonchev–Trinajstić information content (AvgIpc) is 2.78. The number of hydrogen-bond acceptors (Lipinski definition) is 5. The number of aromatic nitrogens is 2. The number of esters is 1. The number of carbonyl (C=O) groups is 1. The van der Waals surface area contributed by atoms with E-state index in [0.29, 0.717) is 5.88 Å². The zero-order valence-electron chi connectivity index (χ0n) is 15.0. The van der Waals surface area contributed by atoms with Gasteiger partial charge < -0.3 is 9.47 Å². The third kappa shape index (κ3) is 4.32. The van der Waals surface area contributed by atoms with Crippen LogP contribution >= 0.6 is 11.8 Å². The second-order valence-electron chi connectivity index (χ2n) is 6.58. The molecule has 0 saturated heterocycles. The second kappa shape index (κ2) is 7.30. The summed E-state index contributed by atoms with van der Waals surface area (Å²) in [5, 5.41) is 4.39. The van der Waals surface area contributed by atoms with Gasteiger partial charge in [0.25, 0.3) is 0 Å². The Morgan fingerprint density at radius 1 is 1.25 bits per heavy atom. The molecule has 0 N–H and O–H groups in total. The van der Waals surface area contributed by atoms with Gasteiger partial charge in [0.05, 0.1) is 17.7 Å². The fourth-order valence-electron chi connectivity index (χ4n) is 2.22. The van der Waals surface area contributed by atoms with Crippen LogP contribution in [0.1, 0.15) is 32.0 Å². The first-order chi connectivity index (χ1) is 11.2. The van der Waals surface area contributed by atoms with E-state index in [-0.39, 0.29) is 12.0 Å². The molecule has 1 heterocycles. The van der Waals surface area contributed by atoms with Crippen molar-refractivity contribution < 1.29 is 14.3 Å². The number of methoxy groups -OCH3 is 1. The largest absolute Gasteiger partial charge is 0.466 e. The van der Waals surface area contributed by atoms with Crippen LogP contribution < -0.4 is 4.74 Å². The van der Waals surface area contributed by atoms with E-state index in [2.05, 4.69) is 54.9 Å². The van der Waals surface area contributed by atoms with Gasteiger partial charge in [0, 0.05) is 11.9 Å². The molecule has 130 valence electrons. The van der Waals surface area contributed by atoms with Gasteiger partial charge >= 0.3 is 5.97 Å². The molecule has 0 unspecified atom stereocenters. The Kier molecular flexibility index (Phi) is 5.59. The lowest BCUT2D eigenvalue weighted by Gasteiger charge is -2.19. The Hall–Kier alpha value is -1.95. The molecule has 0 radical (unpaired) electrons. The monoisotopic (exact) mass is 348 g/mol. The van der Waals surface area contributed by atoms with E-state index in [1.54, 1.807) is 23.5 Å². The number of ether oxygens (including phenoxy) is 2. The zero-order chi connectivity index (χ0) is 17.9. The number of rotatable bonds is 5. The van der Waals surface area contributed by atoms with Crippen molar-refractivity contribution in [3.8, 4) is 5.88 Å². The van der Waals surface area contributed by atoms with Crippen molar-refractivity contribution in [3.63, 3.8) is 0 Å². The molecule has 5 nitrogen and oxygen atoms in total. The topological polar surface area (TPSA) is 53.4 Å². The highest BCUT2D eigenvalue weighted by Crippen LogP contribution is 2.38. The molecule has 0 aliphatic rings. The summed E-state index contributed by atoms with van der Waals surface area (Å²) in [7, 11) is 3.14. The minimum absolute atomic E-state index is 0.127. The van der Waals surface area contributed by atoms with E-state index in [0.717, 1.165) is 15.5 Å². The fourth-order valence-corrected chi connectivity index (χ4v) is 3.20. The van der Waals surface area contributed by atoms with E-state index in [1.807, 2.05) is 6.92 Å². The molecule has 0 bridgehead atoms. The molecule has 0 amide bonds. The van der Waals surface area contributed by atoms with Gasteiger partial charge in [0.15, 0.2) is 6.61 Å². The van der Waals surface area contributed by atoms with Crippen LogP contribution in [-0.2, 0) is 22.0 Å². The van der Waals surface area contributed by atoms with Crippen molar-refractivity contribution in [2.45, 2.75) is 42.9 Å². The summed E-state index contributed by atoms with van der Waals surface area (Å²) in [4.78, 5) is 13.3. The Morgan fingerprint density at radius 3 is 2.42 bits per heavy atom.